The summed E-state index contributed by atoms with van der Waals surface area (Å²) in [6, 6.07) is 22.4. The molecule has 8 nitrogen and oxygen atoms in total. The van der Waals surface area contributed by atoms with Crippen molar-refractivity contribution in [3.05, 3.63) is 90.0 Å². The first kappa shape index (κ1) is 26.7. The average Bonchev–Trinajstić information content (AvgIpc) is 2.95. The quantitative estimate of drug-likeness (QED) is 0.387. The van der Waals surface area contributed by atoms with Gasteiger partial charge in [0.25, 0.3) is 15.9 Å². The number of nitrogens with zero attached hydrogens (tertiary/aromatic N) is 2. The van der Waals surface area contributed by atoms with Crippen LogP contribution >= 0.6 is 0 Å². The number of amides is 1. The first-order chi connectivity index (χ1) is 18.0. The van der Waals surface area contributed by atoms with Crippen LogP contribution in [0.1, 0.15) is 22.3 Å². The summed E-state index contributed by atoms with van der Waals surface area (Å²) >= 11 is 0. The number of hydrogen-bond acceptors (Lipinski definition) is 6. The molecule has 0 unspecified atom stereocenters. The molecule has 4 rings (SSSR count). The van der Waals surface area contributed by atoms with Gasteiger partial charge in [-0.25, -0.2) is 8.42 Å². The lowest BCUT2D eigenvalue weighted by Crippen LogP contribution is -2.38. The summed E-state index contributed by atoms with van der Waals surface area (Å²) in [6.07, 6.45) is 0.797. The van der Waals surface area contributed by atoms with Crippen molar-refractivity contribution >= 4 is 21.6 Å². The standard InChI is InChI=1S/C28H33N3O5S/c1-35-24-12-14-25(15-13-24)37(33,34)31(22-23-8-3-2-4-9-23)27-11-6-5-10-26(27)28(32)29-16-7-17-30-18-20-36-21-19-30/h2-6,8-15H,7,16-22H2,1H3,(H,29,32). The molecule has 1 saturated heterocycles. The molecule has 0 saturated carbocycles. The highest BCUT2D eigenvalue weighted by Crippen LogP contribution is 2.30. The van der Waals surface area contributed by atoms with Crippen LogP contribution in [0.2, 0.25) is 0 Å². The predicted octanol–water partition coefficient (Wildman–Crippen LogP) is 3.54. The van der Waals surface area contributed by atoms with Gasteiger partial charge >= 0.3 is 0 Å². The summed E-state index contributed by atoms with van der Waals surface area (Å²) in [5.41, 5.74) is 1.44. The van der Waals surface area contributed by atoms with E-state index < -0.39 is 10.0 Å². The number of methoxy groups -OCH3 is 1. The van der Waals surface area contributed by atoms with Gasteiger partial charge in [-0.2, -0.15) is 0 Å². The SMILES string of the molecule is COc1ccc(S(=O)(=O)N(Cc2ccccc2)c2ccccc2C(=O)NCCCN2CCOCC2)cc1. The van der Waals surface area contributed by atoms with Crippen LogP contribution < -0.4 is 14.4 Å². The smallest absolute Gasteiger partial charge is 0.264 e. The van der Waals surface area contributed by atoms with Gasteiger partial charge in [0.1, 0.15) is 5.75 Å². The van der Waals surface area contributed by atoms with E-state index in [2.05, 4.69) is 10.2 Å². The minimum atomic E-state index is -3.99. The molecule has 0 radical (unpaired) electrons. The molecule has 0 aromatic heterocycles. The van der Waals surface area contributed by atoms with Gasteiger partial charge < -0.3 is 14.8 Å². The molecule has 3 aromatic rings. The molecule has 1 fully saturated rings. The molecule has 0 aliphatic carbocycles. The molecule has 0 atom stereocenters. The fraction of sp³-hybridized carbons (Fsp3) is 0.321. The summed E-state index contributed by atoms with van der Waals surface area (Å²) in [6.45, 7) is 4.71. The average molecular weight is 524 g/mol. The number of anilines is 1. The van der Waals surface area contributed by atoms with Crippen LogP contribution in [0.5, 0.6) is 5.75 Å². The highest BCUT2D eigenvalue weighted by atomic mass is 32.2. The highest BCUT2D eigenvalue weighted by molar-refractivity contribution is 7.92. The number of benzene rings is 3. The maximum absolute atomic E-state index is 13.9. The Morgan fingerprint density at radius 2 is 1.65 bits per heavy atom. The molecular formula is C28H33N3O5S. The first-order valence-electron chi connectivity index (χ1n) is 12.4. The molecule has 1 aliphatic heterocycles. The number of para-hydroxylation sites is 1. The maximum Gasteiger partial charge on any atom is 0.264 e. The van der Waals surface area contributed by atoms with E-state index in [0.717, 1.165) is 44.8 Å². The second-order valence-electron chi connectivity index (χ2n) is 8.75. The van der Waals surface area contributed by atoms with Crippen molar-refractivity contribution in [2.24, 2.45) is 0 Å². The van der Waals surface area contributed by atoms with E-state index in [1.54, 1.807) is 36.4 Å². The fourth-order valence-electron chi connectivity index (χ4n) is 4.23. The van der Waals surface area contributed by atoms with Crippen LogP contribution in [0, 0.1) is 0 Å². The Morgan fingerprint density at radius 1 is 0.973 bits per heavy atom. The molecule has 37 heavy (non-hydrogen) atoms. The maximum atomic E-state index is 13.9. The van der Waals surface area contributed by atoms with Gasteiger partial charge in [0, 0.05) is 19.6 Å². The van der Waals surface area contributed by atoms with E-state index in [4.69, 9.17) is 9.47 Å². The van der Waals surface area contributed by atoms with Crippen molar-refractivity contribution in [3.63, 3.8) is 0 Å². The summed E-state index contributed by atoms with van der Waals surface area (Å²) in [7, 11) is -2.46. The normalized spacial score (nSPS) is 14.2. The van der Waals surface area contributed by atoms with Crippen LogP contribution in [0.15, 0.2) is 83.8 Å². The Labute approximate surface area is 218 Å². The molecule has 3 aromatic carbocycles. The molecule has 1 aliphatic rings. The predicted molar refractivity (Wildman–Crippen MR) is 143 cm³/mol. The number of morpholine rings is 1. The lowest BCUT2D eigenvalue weighted by molar-refractivity contribution is 0.0374. The van der Waals surface area contributed by atoms with Gasteiger partial charge in [0.05, 0.1) is 43.0 Å². The number of nitrogens with one attached hydrogen (secondary N) is 1. The summed E-state index contributed by atoms with van der Waals surface area (Å²) in [4.78, 5) is 15.7. The molecule has 1 N–H and O–H groups in total. The van der Waals surface area contributed by atoms with Crippen molar-refractivity contribution < 1.29 is 22.7 Å². The van der Waals surface area contributed by atoms with E-state index in [1.807, 2.05) is 30.3 Å². The Morgan fingerprint density at radius 3 is 2.35 bits per heavy atom. The molecule has 0 bridgehead atoms. The van der Waals surface area contributed by atoms with Gasteiger partial charge in [0.2, 0.25) is 0 Å². The second kappa shape index (κ2) is 12.7. The van der Waals surface area contributed by atoms with Crippen LogP contribution in [0.25, 0.3) is 0 Å². The second-order valence-corrected chi connectivity index (χ2v) is 10.6. The minimum absolute atomic E-state index is 0.0799. The lowest BCUT2D eigenvalue weighted by atomic mass is 10.1. The molecule has 1 heterocycles. The van der Waals surface area contributed by atoms with Crippen molar-refractivity contribution in [2.45, 2.75) is 17.9 Å². The van der Waals surface area contributed by atoms with Crippen molar-refractivity contribution in [1.29, 1.82) is 0 Å². The van der Waals surface area contributed by atoms with Crippen LogP contribution in [0.4, 0.5) is 5.69 Å². The summed E-state index contributed by atoms with van der Waals surface area (Å²) in [5.74, 6) is 0.256. The van der Waals surface area contributed by atoms with Gasteiger partial charge in [-0.3, -0.25) is 14.0 Å². The van der Waals surface area contributed by atoms with Gasteiger partial charge in [-0.1, -0.05) is 42.5 Å². The zero-order chi connectivity index (χ0) is 26.1. The van der Waals surface area contributed by atoms with Gasteiger partial charge in [0.15, 0.2) is 0 Å². The first-order valence-corrected chi connectivity index (χ1v) is 13.8. The number of carbonyl (C=O) groups excluding carboxylic acids is 1. The van der Waals surface area contributed by atoms with Crippen molar-refractivity contribution in [2.75, 3.05) is 50.8 Å². The Bertz CT molecular complexity index is 1260. The lowest BCUT2D eigenvalue weighted by Gasteiger charge is -2.27. The summed E-state index contributed by atoms with van der Waals surface area (Å²) < 4.78 is 39.6. The molecule has 196 valence electrons. The number of hydrogen-bond donors (Lipinski definition) is 1. The third-order valence-electron chi connectivity index (χ3n) is 6.27. The Hall–Kier alpha value is -3.40. The fourth-order valence-corrected chi connectivity index (χ4v) is 5.70. The number of sulfonamides is 1. The zero-order valence-corrected chi connectivity index (χ0v) is 21.8. The van der Waals surface area contributed by atoms with E-state index in [0.29, 0.717) is 23.5 Å². The number of ether oxygens (including phenoxy) is 2. The van der Waals surface area contributed by atoms with Gasteiger partial charge in [-0.05, 0) is 54.9 Å². The molecular weight excluding hydrogens is 490 g/mol. The van der Waals surface area contributed by atoms with Crippen molar-refractivity contribution in [1.82, 2.24) is 10.2 Å². The largest absolute Gasteiger partial charge is 0.497 e. The molecule has 9 heteroatoms. The molecule has 0 spiro atoms. The Balaban J connectivity index is 1.58. The van der Waals surface area contributed by atoms with Gasteiger partial charge in [-0.15, -0.1) is 0 Å². The monoisotopic (exact) mass is 523 g/mol. The van der Waals surface area contributed by atoms with E-state index >= 15 is 0 Å². The summed E-state index contributed by atoms with van der Waals surface area (Å²) in [5, 5.41) is 2.97. The van der Waals surface area contributed by atoms with E-state index in [9.17, 15) is 13.2 Å². The number of carbonyl (C=O) groups is 1. The van der Waals surface area contributed by atoms with Crippen molar-refractivity contribution in [3.8, 4) is 5.75 Å². The third kappa shape index (κ3) is 6.88. The van der Waals surface area contributed by atoms with E-state index in [-0.39, 0.29) is 17.3 Å². The van der Waals surface area contributed by atoms with Crippen LogP contribution in [-0.4, -0.2) is 65.7 Å². The minimum Gasteiger partial charge on any atom is -0.497 e. The third-order valence-corrected chi connectivity index (χ3v) is 8.05. The molecule has 1 amide bonds. The van der Waals surface area contributed by atoms with E-state index in [1.165, 1.54) is 23.5 Å². The topological polar surface area (TPSA) is 88.2 Å². The Kier molecular flexibility index (Phi) is 9.16. The zero-order valence-electron chi connectivity index (χ0n) is 21.0. The van der Waals surface area contributed by atoms with Crippen LogP contribution in [-0.2, 0) is 21.3 Å². The highest BCUT2D eigenvalue weighted by Gasteiger charge is 2.28. The van der Waals surface area contributed by atoms with Crippen LogP contribution in [0.3, 0.4) is 0 Å². The number of rotatable bonds is 11.